The summed E-state index contributed by atoms with van der Waals surface area (Å²) in [5.41, 5.74) is 2.37. The van der Waals surface area contributed by atoms with Gasteiger partial charge in [-0.1, -0.05) is 30.3 Å². The summed E-state index contributed by atoms with van der Waals surface area (Å²) in [6.45, 7) is 4.61. The van der Waals surface area contributed by atoms with Crippen LogP contribution in [0.3, 0.4) is 0 Å². The molecule has 0 amide bonds. The first kappa shape index (κ1) is 21.8. The smallest absolute Gasteiger partial charge is 0.161 e. The molecule has 0 aliphatic carbocycles. The van der Waals surface area contributed by atoms with E-state index in [2.05, 4.69) is 39.9 Å². The minimum atomic E-state index is -0.617. The number of hydrogen-bond acceptors (Lipinski definition) is 7. The monoisotopic (exact) mass is 452 g/mol. The number of hydrogen-bond donors (Lipinski definition) is 2. The number of fused-ring (bicyclic) bond motifs is 1. The zero-order valence-corrected chi connectivity index (χ0v) is 19.5. The predicted molar refractivity (Wildman–Crippen MR) is 130 cm³/mol. The Hall–Kier alpha value is -2.06. The van der Waals surface area contributed by atoms with Crippen LogP contribution in [0.15, 0.2) is 35.7 Å². The second-order valence-corrected chi connectivity index (χ2v) is 9.88. The maximum absolute atomic E-state index is 11.2. The maximum atomic E-state index is 11.2. The van der Waals surface area contributed by atoms with Gasteiger partial charge in [0.15, 0.2) is 5.82 Å². The molecule has 2 N–H and O–H groups in total. The van der Waals surface area contributed by atoms with Crippen LogP contribution >= 0.6 is 11.3 Å². The number of aromatic nitrogens is 2. The third-order valence-electron chi connectivity index (χ3n) is 6.93. The summed E-state index contributed by atoms with van der Waals surface area (Å²) in [7, 11) is 1.78. The quantitative estimate of drug-likeness (QED) is 0.583. The van der Waals surface area contributed by atoms with Crippen LogP contribution in [0.2, 0.25) is 0 Å². The Labute approximate surface area is 193 Å². The lowest BCUT2D eigenvalue weighted by molar-refractivity contribution is 0.0814. The molecule has 2 aliphatic heterocycles. The van der Waals surface area contributed by atoms with Gasteiger partial charge in [-0.15, -0.1) is 11.3 Å². The number of methoxy groups -OCH3 is 1. The second-order valence-electron chi connectivity index (χ2n) is 9.02. The van der Waals surface area contributed by atoms with Gasteiger partial charge in [0.25, 0.3) is 0 Å². The van der Waals surface area contributed by atoms with Gasteiger partial charge >= 0.3 is 0 Å². The van der Waals surface area contributed by atoms with E-state index in [1.807, 2.05) is 6.07 Å². The van der Waals surface area contributed by atoms with E-state index in [0.29, 0.717) is 11.7 Å². The minimum Gasteiger partial charge on any atom is -0.385 e. The van der Waals surface area contributed by atoms with Gasteiger partial charge in [-0.25, -0.2) is 9.97 Å². The van der Waals surface area contributed by atoms with Crippen molar-refractivity contribution in [2.75, 3.05) is 44.8 Å². The molecule has 6 nitrogen and oxygen atoms in total. The van der Waals surface area contributed by atoms with Crippen LogP contribution < -0.4 is 10.2 Å². The van der Waals surface area contributed by atoms with Crippen molar-refractivity contribution in [2.24, 2.45) is 11.8 Å². The molecule has 0 bridgehead atoms. The average molecular weight is 453 g/mol. The Morgan fingerprint density at radius 3 is 2.59 bits per heavy atom. The van der Waals surface area contributed by atoms with E-state index in [1.54, 1.807) is 18.4 Å². The summed E-state index contributed by atoms with van der Waals surface area (Å²) in [4.78, 5) is 13.3. The predicted octanol–water partition coefficient (Wildman–Crippen LogP) is 4.25. The lowest BCUT2D eigenvalue weighted by Gasteiger charge is -2.33. The zero-order valence-electron chi connectivity index (χ0n) is 18.7. The summed E-state index contributed by atoms with van der Waals surface area (Å²) in [6.07, 6.45) is 3.49. The van der Waals surface area contributed by atoms with E-state index in [-0.39, 0.29) is 5.92 Å². The van der Waals surface area contributed by atoms with E-state index in [9.17, 15) is 5.11 Å². The molecule has 1 atom stereocenters. The largest absolute Gasteiger partial charge is 0.385 e. The first-order chi connectivity index (χ1) is 15.7. The van der Waals surface area contributed by atoms with Crippen molar-refractivity contribution in [3.05, 3.63) is 41.5 Å². The van der Waals surface area contributed by atoms with Crippen molar-refractivity contribution < 1.29 is 9.84 Å². The van der Waals surface area contributed by atoms with Gasteiger partial charge in [0.2, 0.25) is 0 Å². The summed E-state index contributed by atoms with van der Waals surface area (Å²) in [6, 6.07) is 10.5. The highest BCUT2D eigenvalue weighted by Gasteiger charge is 2.29. The van der Waals surface area contributed by atoms with Crippen LogP contribution in [-0.2, 0) is 4.74 Å². The van der Waals surface area contributed by atoms with Gasteiger partial charge in [-0.05, 0) is 56.2 Å². The Balaban J connectivity index is 1.55. The molecule has 170 valence electrons. The molecule has 3 aromatic rings. The molecule has 2 fully saturated rings. The van der Waals surface area contributed by atoms with E-state index in [1.165, 1.54) is 11.1 Å². The normalized spacial score (nSPS) is 19.5. The van der Waals surface area contributed by atoms with Gasteiger partial charge in [-0.2, -0.15) is 0 Å². The number of aliphatic hydroxyl groups is 1. The Morgan fingerprint density at radius 1 is 1.12 bits per heavy atom. The van der Waals surface area contributed by atoms with Crippen molar-refractivity contribution in [1.29, 1.82) is 0 Å². The average Bonchev–Trinajstić information content (AvgIpc) is 3.29. The molecular weight excluding hydrogens is 420 g/mol. The fourth-order valence-corrected chi connectivity index (χ4v) is 6.00. The number of nitrogens with zero attached hydrogens (tertiary/aromatic N) is 3. The number of benzene rings is 1. The van der Waals surface area contributed by atoms with E-state index in [4.69, 9.17) is 14.7 Å². The van der Waals surface area contributed by atoms with Crippen LogP contribution in [-0.4, -0.2) is 55.0 Å². The lowest BCUT2D eigenvalue weighted by atomic mass is 9.91. The van der Waals surface area contributed by atoms with Gasteiger partial charge in [0, 0.05) is 37.7 Å². The Morgan fingerprint density at radius 2 is 1.88 bits per heavy atom. The van der Waals surface area contributed by atoms with Crippen molar-refractivity contribution in [1.82, 2.24) is 15.3 Å². The van der Waals surface area contributed by atoms with Crippen LogP contribution in [0.5, 0.6) is 0 Å². The van der Waals surface area contributed by atoms with Crippen LogP contribution in [0.25, 0.3) is 21.3 Å². The molecule has 0 radical (unpaired) electrons. The molecule has 4 heterocycles. The molecule has 1 unspecified atom stereocenters. The fourth-order valence-electron chi connectivity index (χ4n) is 5.05. The van der Waals surface area contributed by atoms with Crippen LogP contribution in [0.1, 0.15) is 37.6 Å². The molecule has 2 saturated heterocycles. The van der Waals surface area contributed by atoms with Gasteiger partial charge < -0.3 is 20.1 Å². The van der Waals surface area contributed by atoms with E-state index < -0.39 is 6.10 Å². The molecule has 1 aromatic carbocycles. The third kappa shape index (κ3) is 4.39. The number of ether oxygens (including phenoxy) is 1. The van der Waals surface area contributed by atoms with Crippen LogP contribution in [0, 0.1) is 11.8 Å². The number of thiophene rings is 1. The van der Waals surface area contributed by atoms with Crippen molar-refractivity contribution in [2.45, 2.75) is 31.8 Å². The van der Waals surface area contributed by atoms with Crippen molar-refractivity contribution >= 4 is 27.4 Å². The molecule has 5 rings (SSSR count). The zero-order chi connectivity index (χ0) is 21.9. The Kier molecular flexibility index (Phi) is 6.69. The molecule has 2 aliphatic rings. The topological polar surface area (TPSA) is 70.5 Å². The standard InChI is InChI=1S/C25H32N4O2S/c1-31-15-17-9-13-29(14-10-17)24-21-20(18-5-3-2-4-6-18)16-32-25(21)28-23(27-24)22(30)19-7-11-26-12-8-19/h2-6,16-17,19,22,26,30H,7-15H2,1H3. The summed E-state index contributed by atoms with van der Waals surface area (Å²) in [5.74, 6) is 2.38. The number of rotatable bonds is 6. The Bertz CT molecular complexity index is 1030. The molecular formula is C25H32N4O2S. The van der Waals surface area contributed by atoms with E-state index >= 15 is 0 Å². The number of piperidine rings is 2. The highest BCUT2D eigenvalue weighted by Crippen LogP contribution is 2.40. The third-order valence-corrected chi connectivity index (χ3v) is 7.80. The first-order valence-electron chi connectivity index (χ1n) is 11.7. The lowest BCUT2D eigenvalue weighted by Crippen LogP contribution is -2.36. The highest BCUT2D eigenvalue weighted by atomic mass is 32.1. The van der Waals surface area contributed by atoms with Crippen molar-refractivity contribution in [3.63, 3.8) is 0 Å². The SMILES string of the molecule is COCC1CCN(c2nc(C(O)C3CCNCC3)nc3scc(-c4ccccc4)c23)CC1. The van der Waals surface area contributed by atoms with Gasteiger partial charge in [0.05, 0.1) is 5.39 Å². The van der Waals surface area contributed by atoms with Gasteiger partial charge in [0.1, 0.15) is 16.8 Å². The highest BCUT2D eigenvalue weighted by molar-refractivity contribution is 7.17. The first-order valence-corrected chi connectivity index (χ1v) is 12.6. The summed E-state index contributed by atoms with van der Waals surface area (Å²) < 4.78 is 5.39. The number of anilines is 1. The molecule has 0 spiro atoms. The number of aliphatic hydroxyl groups excluding tert-OH is 1. The molecule has 7 heteroatoms. The van der Waals surface area contributed by atoms with Crippen molar-refractivity contribution in [3.8, 4) is 11.1 Å². The minimum absolute atomic E-state index is 0.211. The fraction of sp³-hybridized carbons (Fsp3) is 0.520. The second kappa shape index (κ2) is 9.83. The summed E-state index contributed by atoms with van der Waals surface area (Å²) in [5, 5.41) is 17.9. The molecule has 32 heavy (non-hydrogen) atoms. The molecule has 2 aromatic heterocycles. The number of nitrogens with one attached hydrogen (secondary N) is 1. The van der Waals surface area contributed by atoms with E-state index in [0.717, 1.165) is 74.5 Å². The maximum Gasteiger partial charge on any atom is 0.161 e. The summed E-state index contributed by atoms with van der Waals surface area (Å²) >= 11 is 1.65. The van der Waals surface area contributed by atoms with Gasteiger partial charge in [-0.3, -0.25) is 0 Å². The molecule has 0 saturated carbocycles. The van der Waals surface area contributed by atoms with Crippen LogP contribution in [0.4, 0.5) is 5.82 Å².